The number of nitrogens with zero attached hydrogens (tertiary/aromatic N) is 3. The Morgan fingerprint density at radius 2 is 1.42 bits per heavy atom. The van der Waals surface area contributed by atoms with Crippen molar-refractivity contribution >= 4 is 28.7 Å². The van der Waals surface area contributed by atoms with E-state index in [1.165, 1.54) is 23.9 Å². The predicted molar refractivity (Wildman–Crippen MR) is 192 cm³/mol. The maximum absolute atomic E-state index is 14.3. The molecule has 8 heteroatoms. The zero-order chi connectivity index (χ0) is 33.8. The summed E-state index contributed by atoms with van der Waals surface area (Å²) < 4.78 is 13.8. The van der Waals surface area contributed by atoms with Crippen LogP contribution in [-0.2, 0) is 9.59 Å². The van der Waals surface area contributed by atoms with E-state index in [1.807, 2.05) is 106 Å². The molecule has 4 aromatic rings. The highest BCUT2D eigenvalue weighted by molar-refractivity contribution is 8.14. The summed E-state index contributed by atoms with van der Waals surface area (Å²) in [4.78, 5) is 36.6. The maximum atomic E-state index is 14.3. The summed E-state index contributed by atoms with van der Waals surface area (Å²) in [5, 5.41) is 3.69. The van der Waals surface area contributed by atoms with E-state index < -0.39 is 10.7 Å². The van der Waals surface area contributed by atoms with Gasteiger partial charge >= 0.3 is 0 Å². The molecule has 1 N–H and O–H groups in total. The van der Waals surface area contributed by atoms with Crippen LogP contribution in [0.1, 0.15) is 78.3 Å². The molecule has 0 radical (unpaired) electrons. The number of likely N-dealkylation sites (tertiary alicyclic amines) is 1. The monoisotopic (exact) mass is 662 g/mol. The number of halogens is 1. The van der Waals surface area contributed by atoms with E-state index in [0.29, 0.717) is 13.1 Å². The molecule has 4 aromatic carbocycles. The highest BCUT2D eigenvalue weighted by Crippen LogP contribution is 2.43. The molecule has 0 bridgehead atoms. The summed E-state index contributed by atoms with van der Waals surface area (Å²) in [7, 11) is 2.01. The molecule has 0 spiro atoms. The molecule has 2 aliphatic heterocycles. The second-order valence-electron chi connectivity index (χ2n) is 13.7. The summed E-state index contributed by atoms with van der Waals surface area (Å²) >= 11 is 1.48. The lowest BCUT2D eigenvalue weighted by molar-refractivity contribution is -0.140. The van der Waals surface area contributed by atoms with Gasteiger partial charge in [0.25, 0.3) is 0 Å². The second-order valence-corrected chi connectivity index (χ2v) is 14.8. The van der Waals surface area contributed by atoms with Crippen molar-refractivity contribution in [3.05, 3.63) is 143 Å². The van der Waals surface area contributed by atoms with Gasteiger partial charge in [-0.05, 0) is 46.4 Å². The van der Waals surface area contributed by atoms with E-state index in [1.54, 1.807) is 12.1 Å². The van der Waals surface area contributed by atoms with E-state index in [0.717, 1.165) is 46.0 Å². The van der Waals surface area contributed by atoms with Crippen LogP contribution in [0.4, 0.5) is 4.39 Å². The lowest BCUT2D eigenvalue weighted by atomic mass is 9.92. The molecule has 6 rings (SSSR count). The molecule has 0 aromatic heterocycles. The van der Waals surface area contributed by atoms with Crippen molar-refractivity contribution in [1.82, 2.24) is 15.1 Å². The normalized spacial score (nSPS) is 18.6. The summed E-state index contributed by atoms with van der Waals surface area (Å²) in [5.74, 6) is -0.196. The van der Waals surface area contributed by atoms with E-state index in [2.05, 4.69) is 22.3 Å². The Hall–Kier alpha value is -4.43. The van der Waals surface area contributed by atoms with Crippen LogP contribution in [0.25, 0.3) is 0 Å². The number of carbonyl (C=O) groups is 2. The molecule has 248 valence electrons. The molecule has 0 aliphatic carbocycles. The number of likely N-dealkylation sites (N-methyl/N-ethyl adjacent to an activating group) is 1. The van der Waals surface area contributed by atoms with Gasteiger partial charge in [-0.1, -0.05) is 130 Å². The molecule has 0 saturated carbocycles. The third-order valence-electron chi connectivity index (χ3n) is 9.19. The zero-order valence-corrected chi connectivity index (χ0v) is 28.8. The van der Waals surface area contributed by atoms with Crippen molar-refractivity contribution in [3.8, 4) is 0 Å². The molecule has 1 saturated heterocycles. The summed E-state index contributed by atoms with van der Waals surface area (Å²) in [5.41, 5.74) is 4.42. The number of nitrogens with one attached hydrogen (secondary N) is 1. The number of aliphatic imine (C=N–C) groups is 1. The number of amides is 2. The van der Waals surface area contributed by atoms with Gasteiger partial charge in [0, 0.05) is 31.5 Å². The number of hydrogen-bond acceptors (Lipinski definition) is 5. The number of thioether (sulfide) groups is 1. The van der Waals surface area contributed by atoms with Crippen molar-refractivity contribution in [3.63, 3.8) is 0 Å². The largest absolute Gasteiger partial charge is 0.353 e. The first-order chi connectivity index (χ1) is 23.1. The molecule has 2 heterocycles. The summed E-state index contributed by atoms with van der Waals surface area (Å²) in [6.45, 7) is 7.93. The lowest BCUT2D eigenvalue weighted by Crippen LogP contribution is -2.39. The van der Waals surface area contributed by atoms with E-state index in [9.17, 15) is 14.0 Å². The van der Waals surface area contributed by atoms with E-state index in [4.69, 9.17) is 4.99 Å². The minimum absolute atomic E-state index is 0.0805. The molecule has 2 aliphatic rings. The standard InChI is InChI=1S/C40H43FN4O2S/c1-40(2,3)38(47)45-26-32(25-34(45)28-19-21-33(41)22-20-28)27-15-17-31(18-16-27)36(48-39-42-23-24-44(39)4)37(46)43-35(29-11-7-5-8-12-29)30-13-9-6-10-14-30/h5-22,32,34-36H,23-26H2,1-4H3,(H,43,46). The van der Waals surface area contributed by atoms with Crippen LogP contribution in [0.2, 0.25) is 0 Å². The SMILES string of the molecule is CN1CCN=C1SC(C(=O)NC(c1ccccc1)c1ccccc1)c1ccc(C2CC(c3ccc(F)cc3)N(C(=O)C(C)(C)C)C2)cc1. The molecule has 2 amide bonds. The van der Waals surface area contributed by atoms with Gasteiger partial charge in [-0.3, -0.25) is 14.6 Å². The molecular weight excluding hydrogens is 620 g/mol. The fourth-order valence-electron chi connectivity index (χ4n) is 6.56. The van der Waals surface area contributed by atoms with Crippen LogP contribution in [0.3, 0.4) is 0 Å². The van der Waals surface area contributed by atoms with Crippen LogP contribution >= 0.6 is 11.8 Å². The lowest BCUT2D eigenvalue weighted by Gasteiger charge is -2.31. The minimum atomic E-state index is -0.539. The Morgan fingerprint density at radius 3 is 1.96 bits per heavy atom. The van der Waals surface area contributed by atoms with Crippen molar-refractivity contribution in [1.29, 1.82) is 0 Å². The number of benzene rings is 4. The minimum Gasteiger partial charge on any atom is -0.353 e. The van der Waals surface area contributed by atoms with Crippen LogP contribution in [0.5, 0.6) is 0 Å². The number of amidine groups is 1. The second kappa shape index (κ2) is 14.4. The first kappa shape index (κ1) is 33.5. The average Bonchev–Trinajstić information content (AvgIpc) is 3.72. The van der Waals surface area contributed by atoms with Gasteiger partial charge in [-0.15, -0.1) is 0 Å². The van der Waals surface area contributed by atoms with Gasteiger partial charge in [-0.2, -0.15) is 0 Å². The Balaban J connectivity index is 1.28. The van der Waals surface area contributed by atoms with Gasteiger partial charge in [0.2, 0.25) is 11.8 Å². The van der Waals surface area contributed by atoms with Crippen molar-refractivity contribution < 1.29 is 14.0 Å². The van der Waals surface area contributed by atoms with Gasteiger partial charge < -0.3 is 15.1 Å². The smallest absolute Gasteiger partial charge is 0.238 e. The molecule has 6 nitrogen and oxygen atoms in total. The first-order valence-corrected chi connectivity index (χ1v) is 17.5. The molecular formula is C40H43FN4O2S. The average molecular weight is 663 g/mol. The van der Waals surface area contributed by atoms with Crippen molar-refractivity contribution in [2.45, 2.75) is 50.4 Å². The van der Waals surface area contributed by atoms with Crippen molar-refractivity contribution in [2.75, 3.05) is 26.7 Å². The number of hydrogen-bond donors (Lipinski definition) is 1. The van der Waals surface area contributed by atoms with E-state index in [-0.39, 0.29) is 35.6 Å². The highest BCUT2D eigenvalue weighted by Gasteiger charge is 2.40. The highest BCUT2D eigenvalue weighted by atomic mass is 32.2. The fourth-order valence-corrected chi connectivity index (χ4v) is 7.68. The van der Waals surface area contributed by atoms with Crippen LogP contribution in [0.15, 0.2) is 114 Å². The third-order valence-corrected chi connectivity index (χ3v) is 10.6. The van der Waals surface area contributed by atoms with Crippen LogP contribution in [-0.4, -0.2) is 53.5 Å². The first-order valence-electron chi connectivity index (χ1n) is 16.6. The van der Waals surface area contributed by atoms with Gasteiger partial charge in [-0.25, -0.2) is 4.39 Å². The predicted octanol–water partition coefficient (Wildman–Crippen LogP) is 7.91. The number of rotatable bonds is 8. The maximum Gasteiger partial charge on any atom is 0.238 e. The summed E-state index contributed by atoms with van der Waals surface area (Å²) in [6, 6.07) is 34.4. The molecule has 3 atom stereocenters. The van der Waals surface area contributed by atoms with Crippen molar-refractivity contribution in [2.24, 2.45) is 10.4 Å². The Bertz CT molecular complexity index is 1700. The fraction of sp³-hybridized carbons (Fsp3) is 0.325. The Kier molecular flexibility index (Phi) is 10.0. The third kappa shape index (κ3) is 7.49. The summed E-state index contributed by atoms with van der Waals surface area (Å²) in [6.07, 6.45) is 0.739. The van der Waals surface area contributed by atoms with Crippen LogP contribution < -0.4 is 5.32 Å². The van der Waals surface area contributed by atoms with Gasteiger partial charge in [0.15, 0.2) is 5.17 Å². The Morgan fingerprint density at radius 1 is 0.833 bits per heavy atom. The zero-order valence-electron chi connectivity index (χ0n) is 28.0. The number of carbonyl (C=O) groups excluding carboxylic acids is 2. The van der Waals surface area contributed by atoms with E-state index >= 15 is 0 Å². The Labute approximate surface area is 287 Å². The topological polar surface area (TPSA) is 65.0 Å². The van der Waals surface area contributed by atoms with Crippen LogP contribution in [0, 0.1) is 11.2 Å². The van der Waals surface area contributed by atoms with Gasteiger partial charge in [0.05, 0.1) is 18.6 Å². The quantitative estimate of drug-likeness (QED) is 0.208. The van der Waals surface area contributed by atoms with Gasteiger partial charge in [0.1, 0.15) is 11.1 Å². The molecule has 1 fully saturated rings. The molecule has 48 heavy (non-hydrogen) atoms. The molecule has 3 unspecified atom stereocenters.